The van der Waals surface area contributed by atoms with Crippen LogP contribution in [0.5, 0.6) is 0 Å². The highest BCUT2D eigenvalue weighted by Crippen LogP contribution is 2.55. The summed E-state index contributed by atoms with van der Waals surface area (Å²) in [5.41, 5.74) is 1.24. The normalized spacial score (nSPS) is 43.9. The van der Waals surface area contributed by atoms with Gasteiger partial charge in [0.15, 0.2) is 0 Å². The van der Waals surface area contributed by atoms with Crippen LogP contribution < -0.4 is 5.32 Å². The molecule has 9 atom stereocenters. The lowest BCUT2D eigenvalue weighted by Gasteiger charge is -2.47. The molecule has 0 radical (unpaired) electrons. The van der Waals surface area contributed by atoms with Crippen LogP contribution in [0.2, 0.25) is 0 Å². The van der Waals surface area contributed by atoms with E-state index >= 15 is 0 Å². The van der Waals surface area contributed by atoms with Crippen LogP contribution in [0.15, 0.2) is 36.0 Å². The second kappa shape index (κ2) is 9.39. The van der Waals surface area contributed by atoms with Crippen molar-refractivity contribution in [1.29, 1.82) is 0 Å². The number of nitrogens with one attached hydrogen (secondary N) is 1. The third-order valence-electron chi connectivity index (χ3n) is 7.73. The summed E-state index contributed by atoms with van der Waals surface area (Å²) in [5.74, 6) is 0.217. The molecule has 6 heteroatoms. The number of hydrogen-bond donors (Lipinski definition) is 3. The molecule has 170 valence electrons. The summed E-state index contributed by atoms with van der Waals surface area (Å²) in [6.07, 6.45) is 10.5. The molecule has 0 spiro atoms. The summed E-state index contributed by atoms with van der Waals surface area (Å²) < 4.78 is 6.32. The van der Waals surface area contributed by atoms with E-state index in [0.29, 0.717) is 13.0 Å². The molecule has 1 amide bonds. The number of hydrogen-bond acceptors (Lipinski definition) is 5. The molecule has 0 aromatic rings. The third kappa shape index (κ3) is 4.71. The highest BCUT2D eigenvalue weighted by Gasteiger charge is 2.59. The molecule has 2 heterocycles. The van der Waals surface area contributed by atoms with Crippen LogP contribution in [-0.4, -0.2) is 52.9 Å². The highest BCUT2D eigenvalue weighted by molar-refractivity contribution is 5.98. The Labute approximate surface area is 184 Å². The van der Waals surface area contributed by atoms with Crippen molar-refractivity contribution in [3.8, 4) is 0 Å². The molecule has 0 aromatic carbocycles. The number of Topliss-reactive ketones (excluding diaryl/α,β-unsaturated/α-hetero) is 1. The van der Waals surface area contributed by atoms with Gasteiger partial charge in [-0.05, 0) is 49.4 Å². The SMILES string of the molecule is CC1=CC=CC=CC(C)CNC(=O)CC(=O)CC2OC3C(O)CC(O)C4CCC1C2C43. The van der Waals surface area contributed by atoms with E-state index in [9.17, 15) is 19.8 Å². The lowest BCUT2D eigenvalue weighted by molar-refractivity contribution is -0.132. The van der Waals surface area contributed by atoms with Gasteiger partial charge in [0.1, 0.15) is 5.78 Å². The molecule has 1 saturated heterocycles. The lowest BCUT2D eigenvalue weighted by atomic mass is 9.57. The minimum Gasteiger partial charge on any atom is -0.393 e. The zero-order chi connectivity index (χ0) is 22.1. The van der Waals surface area contributed by atoms with Crippen molar-refractivity contribution in [2.75, 3.05) is 6.54 Å². The Hall–Kier alpha value is -1.76. The van der Waals surface area contributed by atoms with E-state index in [4.69, 9.17) is 4.74 Å². The zero-order valence-corrected chi connectivity index (χ0v) is 18.4. The van der Waals surface area contributed by atoms with Gasteiger partial charge < -0.3 is 20.3 Å². The van der Waals surface area contributed by atoms with E-state index < -0.39 is 12.2 Å². The van der Waals surface area contributed by atoms with Gasteiger partial charge in [-0.3, -0.25) is 9.59 Å². The first-order valence-corrected chi connectivity index (χ1v) is 11.7. The fourth-order valence-electron chi connectivity index (χ4n) is 6.26. The van der Waals surface area contributed by atoms with Gasteiger partial charge in [-0.1, -0.05) is 42.9 Å². The number of carbonyl (C=O) groups excluding carboxylic acids is 2. The number of carbonyl (C=O) groups is 2. The molecule has 9 unspecified atom stereocenters. The summed E-state index contributed by atoms with van der Waals surface area (Å²) in [6.45, 7) is 4.64. The maximum Gasteiger partial charge on any atom is 0.227 e. The first kappa shape index (κ1) is 22.4. The minimum absolute atomic E-state index is 0.0380. The van der Waals surface area contributed by atoms with Crippen molar-refractivity contribution in [3.05, 3.63) is 36.0 Å². The van der Waals surface area contributed by atoms with Gasteiger partial charge in [0, 0.05) is 19.4 Å². The number of aliphatic hydroxyl groups excluding tert-OH is 2. The monoisotopic (exact) mass is 429 g/mol. The van der Waals surface area contributed by atoms with E-state index in [-0.39, 0.29) is 66.3 Å². The van der Waals surface area contributed by atoms with Gasteiger partial charge in [0.25, 0.3) is 0 Å². The van der Waals surface area contributed by atoms with Crippen LogP contribution in [0.3, 0.4) is 0 Å². The predicted molar refractivity (Wildman–Crippen MR) is 117 cm³/mol. The molecule has 0 bridgehead atoms. The van der Waals surface area contributed by atoms with Crippen molar-refractivity contribution in [2.24, 2.45) is 29.6 Å². The van der Waals surface area contributed by atoms with E-state index in [0.717, 1.165) is 12.8 Å². The second-order valence-corrected chi connectivity index (χ2v) is 9.89. The van der Waals surface area contributed by atoms with Crippen molar-refractivity contribution in [1.82, 2.24) is 5.32 Å². The van der Waals surface area contributed by atoms with Crippen LogP contribution in [0.1, 0.15) is 46.0 Å². The average Bonchev–Trinajstić information content (AvgIpc) is 3.09. The van der Waals surface area contributed by atoms with Gasteiger partial charge in [-0.25, -0.2) is 0 Å². The fourth-order valence-corrected chi connectivity index (χ4v) is 6.26. The minimum atomic E-state index is -0.717. The molecule has 4 aliphatic rings. The van der Waals surface area contributed by atoms with Gasteiger partial charge in [0.2, 0.25) is 5.91 Å². The van der Waals surface area contributed by atoms with E-state index in [2.05, 4.69) is 18.3 Å². The van der Waals surface area contributed by atoms with Crippen LogP contribution in [-0.2, 0) is 14.3 Å². The first-order valence-electron chi connectivity index (χ1n) is 11.7. The maximum absolute atomic E-state index is 12.8. The summed E-state index contributed by atoms with van der Waals surface area (Å²) in [5, 5.41) is 24.1. The van der Waals surface area contributed by atoms with Crippen LogP contribution in [0, 0.1) is 29.6 Å². The van der Waals surface area contributed by atoms with Crippen molar-refractivity contribution >= 4 is 11.7 Å². The lowest BCUT2D eigenvalue weighted by Crippen LogP contribution is -2.52. The molecule has 4 rings (SSSR count). The smallest absolute Gasteiger partial charge is 0.227 e. The topological polar surface area (TPSA) is 95.9 Å². The molecular weight excluding hydrogens is 394 g/mol. The number of aliphatic hydroxyl groups is 2. The number of allylic oxidation sites excluding steroid dienone is 5. The Morgan fingerprint density at radius 2 is 1.87 bits per heavy atom. The quantitative estimate of drug-likeness (QED) is 0.514. The fraction of sp³-hybridized carbons (Fsp3) is 0.680. The molecule has 31 heavy (non-hydrogen) atoms. The molecule has 2 aliphatic carbocycles. The van der Waals surface area contributed by atoms with E-state index in [1.807, 2.05) is 31.2 Å². The Morgan fingerprint density at radius 3 is 2.68 bits per heavy atom. The van der Waals surface area contributed by atoms with Crippen LogP contribution >= 0.6 is 0 Å². The molecule has 0 aromatic heterocycles. The van der Waals surface area contributed by atoms with Crippen molar-refractivity contribution in [3.63, 3.8) is 0 Å². The summed E-state index contributed by atoms with van der Waals surface area (Å²) in [6, 6.07) is 0. The molecule has 3 fully saturated rings. The summed E-state index contributed by atoms with van der Waals surface area (Å²) >= 11 is 0. The number of ether oxygens (including phenoxy) is 1. The Balaban J connectivity index is 1.66. The highest BCUT2D eigenvalue weighted by atomic mass is 16.5. The molecule has 6 nitrogen and oxygen atoms in total. The zero-order valence-electron chi connectivity index (χ0n) is 18.4. The Bertz CT molecular complexity index is 787. The van der Waals surface area contributed by atoms with Crippen LogP contribution in [0.25, 0.3) is 0 Å². The Kier molecular flexibility index (Phi) is 6.80. The average molecular weight is 430 g/mol. The number of ketones is 1. The number of rotatable bonds is 0. The van der Waals surface area contributed by atoms with Gasteiger partial charge in [-0.15, -0.1) is 0 Å². The van der Waals surface area contributed by atoms with Gasteiger partial charge in [0.05, 0.1) is 30.8 Å². The second-order valence-electron chi connectivity index (χ2n) is 9.89. The summed E-state index contributed by atoms with van der Waals surface area (Å²) in [4.78, 5) is 25.0. The van der Waals surface area contributed by atoms with Crippen molar-refractivity contribution < 1.29 is 24.5 Å². The van der Waals surface area contributed by atoms with Gasteiger partial charge in [-0.2, -0.15) is 0 Å². The number of amides is 1. The molecule has 3 N–H and O–H groups in total. The molecule has 2 aliphatic heterocycles. The van der Waals surface area contributed by atoms with Crippen LogP contribution in [0.4, 0.5) is 0 Å². The standard InChI is InChI=1S/C25H35NO5/c1-14-6-4-3-5-7-15(2)17-8-9-18-19(28)12-20(29)25-24(18)23(17)21(31-25)10-16(27)11-22(30)26-13-14/h3-7,14,17-21,23-25,28-29H,8-13H2,1-2H3,(H,26,30). The van der Waals surface area contributed by atoms with Gasteiger partial charge >= 0.3 is 0 Å². The largest absolute Gasteiger partial charge is 0.393 e. The van der Waals surface area contributed by atoms with Crippen molar-refractivity contribution in [2.45, 2.75) is 70.4 Å². The third-order valence-corrected chi connectivity index (χ3v) is 7.73. The Morgan fingerprint density at radius 1 is 1.06 bits per heavy atom. The summed E-state index contributed by atoms with van der Waals surface area (Å²) in [7, 11) is 0. The van der Waals surface area contributed by atoms with E-state index in [1.54, 1.807) is 0 Å². The maximum atomic E-state index is 12.8. The predicted octanol–water partition coefficient (Wildman–Crippen LogP) is 2.31. The van der Waals surface area contributed by atoms with E-state index in [1.165, 1.54) is 5.57 Å². The molecular formula is C25H35NO5. The molecule has 2 saturated carbocycles. The first-order chi connectivity index (χ1) is 14.8.